The van der Waals surface area contributed by atoms with Crippen molar-refractivity contribution in [3.63, 3.8) is 0 Å². The molecule has 0 bridgehead atoms. The molecule has 2 aromatic rings. The molecule has 3 heterocycles. The van der Waals surface area contributed by atoms with Gasteiger partial charge >= 0.3 is 0 Å². The van der Waals surface area contributed by atoms with Crippen LogP contribution < -0.4 is 5.32 Å². The van der Waals surface area contributed by atoms with E-state index < -0.39 is 5.92 Å². The summed E-state index contributed by atoms with van der Waals surface area (Å²) in [4.78, 5) is 39.0. The van der Waals surface area contributed by atoms with Gasteiger partial charge in [0.15, 0.2) is 0 Å². The molecule has 2 unspecified atom stereocenters. The van der Waals surface area contributed by atoms with Crippen LogP contribution in [0, 0.1) is 31.6 Å². The number of hydrogen-bond donors (Lipinski definition) is 1. The van der Waals surface area contributed by atoms with E-state index in [2.05, 4.69) is 20.2 Å². The molecular weight excluding hydrogens is 488 g/mol. The Labute approximate surface area is 223 Å². The highest BCUT2D eigenvalue weighted by Gasteiger charge is 2.42. The molecule has 204 valence electrons. The Balaban J connectivity index is 1.16. The standard InChI is InChI=1S/C29H37F2N5O2/c1-19-26(20(2)33-18-32-19)28(38)36-16-23-14-35(15-24(23)17-36)13-10-25(21-6-4-3-5-7-21)34-27(37)22-8-11-29(30,31)12-9-22/h3-7,18,22-25H,8-17H2,1-2H3,(H,34,37)/t23-,24?,25?/m0/s1. The van der Waals surface area contributed by atoms with Crippen LogP contribution in [0.4, 0.5) is 8.78 Å². The van der Waals surface area contributed by atoms with Crippen LogP contribution in [0.25, 0.3) is 0 Å². The maximum absolute atomic E-state index is 13.6. The van der Waals surface area contributed by atoms with Crippen LogP contribution in [0.3, 0.4) is 0 Å². The van der Waals surface area contributed by atoms with Gasteiger partial charge in [-0.1, -0.05) is 30.3 Å². The molecule has 1 aromatic carbocycles. The van der Waals surface area contributed by atoms with Gasteiger partial charge in [-0.05, 0) is 50.5 Å². The fraction of sp³-hybridized carbons (Fsp3) is 0.586. The Hall–Kier alpha value is -2.94. The molecule has 1 N–H and O–H groups in total. The van der Waals surface area contributed by atoms with Crippen molar-refractivity contribution in [3.8, 4) is 0 Å². The average Bonchev–Trinajstić information content (AvgIpc) is 3.46. The Bertz CT molecular complexity index is 1120. The summed E-state index contributed by atoms with van der Waals surface area (Å²) in [5, 5.41) is 3.18. The zero-order valence-corrected chi connectivity index (χ0v) is 22.2. The second kappa shape index (κ2) is 11.0. The third kappa shape index (κ3) is 5.87. The lowest BCUT2D eigenvalue weighted by Gasteiger charge is -2.30. The molecule has 38 heavy (non-hydrogen) atoms. The molecular formula is C29H37F2N5O2. The molecule has 2 aliphatic heterocycles. The highest BCUT2D eigenvalue weighted by atomic mass is 19.3. The van der Waals surface area contributed by atoms with Gasteiger partial charge in [-0.15, -0.1) is 0 Å². The Kier molecular flexibility index (Phi) is 7.75. The number of aryl methyl sites for hydroxylation is 2. The van der Waals surface area contributed by atoms with E-state index in [-0.39, 0.29) is 49.5 Å². The van der Waals surface area contributed by atoms with Gasteiger partial charge in [0, 0.05) is 51.5 Å². The van der Waals surface area contributed by atoms with Gasteiger partial charge in [0.25, 0.3) is 5.91 Å². The van der Waals surface area contributed by atoms with Crippen molar-refractivity contribution >= 4 is 11.8 Å². The van der Waals surface area contributed by atoms with Crippen molar-refractivity contribution in [2.75, 3.05) is 32.7 Å². The summed E-state index contributed by atoms with van der Waals surface area (Å²) in [6.45, 7) is 7.85. The Morgan fingerprint density at radius 2 is 1.61 bits per heavy atom. The first-order valence-corrected chi connectivity index (χ1v) is 13.7. The monoisotopic (exact) mass is 525 g/mol. The third-order valence-electron chi connectivity index (χ3n) is 8.63. The number of amides is 2. The molecule has 1 saturated carbocycles. The predicted octanol–water partition coefficient (Wildman–Crippen LogP) is 4.17. The van der Waals surface area contributed by atoms with E-state index >= 15 is 0 Å². The van der Waals surface area contributed by atoms with Crippen LogP contribution in [0.1, 0.15) is 65.5 Å². The summed E-state index contributed by atoms with van der Waals surface area (Å²) in [5.41, 5.74) is 3.09. The lowest BCUT2D eigenvalue weighted by atomic mass is 9.86. The fourth-order valence-corrected chi connectivity index (χ4v) is 6.41. The largest absolute Gasteiger partial charge is 0.349 e. The molecule has 2 saturated heterocycles. The van der Waals surface area contributed by atoms with Crippen LogP contribution in [0.15, 0.2) is 36.7 Å². The lowest BCUT2D eigenvalue weighted by Crippen LogP contribution is -2.39. The summed E-state index contributed by atoms with van der Waals surface area (Å²) >= 11 is 0. The number of aromatic nitrogens is 2. The van der Waals surface area contributed by atoms with Gasteiger partial charge in [-0.2, -0.15) is 0 Å². The van der Waals surface area contributed by atoms with Crippen LogP contribution in [0.5, 0.6) is 0 Å². The number of alkyl halides is 2. The number of benzene rings is 1. The quantitative estimate of drug-likeness (QED) is 0.587. The van der Waals surface area contributed by atoms with Crippen LogP contribution in [-0.4, -0.2) is 70.2 Å². The van der Waals surface area contributed by atoms with Crippen molar-refractivity contribution in [3.05, 3.63) is 59.2 Å². The molecule has 7 nitrogen and oxygen atoms in total. The second-order valence-corrected chi connectivity index (χ2v) is 11.3. The predicted molar refractivity (Wildman–Crippen MR) is 140 cm³/mol. The number of carbonyl (C=O) groups is 2. The van der Waals surface area contributed by atoms with Gasteiger partial charge in [-0.3, -0.25) is 9.59 Å². The van der Waals surface area contributed by atoms with Crippen molar-refractivity contribution in [1.82, 2.24) is 25.1 Å². The minimum atomic E-state index is -2.64. The topological polar surface area (TPSA) is 78.4 Å². The Morgan fingerprint density at radius 3 is 2.21 bits per heavy atom. The third-order valence-corrected chi connectivity index (χ3v) is 8.63. The van der Waals surface area contributed by atoms with Gasteiger partial charge < -0.3 is 15.1 Å². The molecule has 1 aromatic heterocycles. The normalized spacial score (nSPS) is 24.3. The maximum atomic E-state index is 13.6. The molecule has 3 atom stereocenters. The zero-order valence-electron chi connectivity index (χ0n) is 22.2. The van der Waals surface area contributed by atoms with Crippen molar-refractivity contribution in [2.45, 2.75) is 57.9 Å². The molecule has 5 rings (SSSR count). The number of likely N-dealkylation sites (tertiary alicyclic amines) is 2. The summed E-state index contributed by atoms with van der Waals surface area (Å²) in [5.74, 6) is -2.23. The lowest BCUT2D eigenvalue weighted by molar-refractivity contribution is -0.130. The van der Waals surface area contributed by atoms with E-state index in [1.807, 2.05) is 49.1 Å². The van der Waals surface area contributed by atoms with E-state index in [9.17, 15) is 18.4 Å². The Morgan fingerprint density at radius 1 is 1.00 bits per heavy atom. The molecule has 0 radical (unpaired) electrons. The summed E-state index contributed by atoms with van der Waals surface area (Å²) in [7, 11) is 0. The fourth-order valence-electron chi connectivity index (χ4n) is 6.41. The highest BCUT2D eigenvalue weighted by Crippen LogP contribution is 2.37. The first-order chi connectivity index (χ1) is 18.2. The van der Waals surface area contributed by atoms with Crippen molar-refractivity contribution in [1.29, 1.82) is 0 Å². The van der Waals surface area contributed by atoms with Crippen molar-refractivity contribution < 1.29 is 18.4 Å². The smallest absolute Gasteiger partial charge is 0.257 e. The van der Waals surface area contributed by atoms with Crippen molar-refractivity contribution in [2.24, 2.45) is 17.8 Å². The summed E-state index contributed by atoms with van der Waals surface area (Å²) in [6.07, 6.45) is 2.29. The number of fused-ring (bicyclic) bond motifs is 1. The number of carbonyl (C=O) groups excluding carboxylic acids is 2. The summed E-state index contributed by atoms with van der Waals surface area (Å²) < 4.78 is 27.2. The van der Waals surface area contributed by atoms with Gasteiger partial charge in [0.2, 0.25) is 11.8 Å². The molecule has 2 amide bonds. The van der Waals surface area contributed by atoms with Crippen LogP contribution in [-0.2, 0) is 4.79 Å². The minimum Gasteiger partial charge on any atom is -0.349 e. The van der Waals surface area contributed by atoms with Gasteiger partial charge in [0.05, 0.1) is 23.0 Å². The maximum Gasteiger partial charge on any atom is 0.257 e. The van der Waals surface area contributed by atoms with Gasteiger partial charge in [-0.25, -0.2) is 18.7 Å². The van der Waals surface area contributed by atoms with Crippen LogP contribution in [0.2, 0.25) is 0 Å². The average molecular weight is 526 g/mol. The number of nitrogens with zero attached hydrogens (tertiary/aromatic N) is 4. The van der Waals surface area contributed by atoms with E-state index in [4.69, 9.17) is 0 Å². The number of hydrogen-bond acceptors (Lipinski definition) is 5. The molecule has 3 aliphatic rings. The highest BCUT2D eigenvalue weighted by molar-refractivity contribution is 5.96. The SMILES string of the molecule is Cc1ncnc(C)c1C(=O)N1CC2CN(CCC(NC(=O)C3CCC(F)(F)CC3)c3ccccc3)C[C@H]2C1. The van der Waals surface area contributed by atoms with E-state index in [1.54, 1.807) is 0 Å². The second-order valence-electron chi connectivity index (χ2n) is 11.3. The first kappa shape index (κ1) is 26.7. The number of halogens is 2. The summed E-state index contributed by atoms with van der Waals surface area (Å²) in [6, 6.07) is 9.74. The van der Waals surface area contributed by atoms with E-state index in [1.165, 1.54) is 6.33 Å². The first-order valence-electron chi connectivity index (χ1n) is 13.7. The molecule has 1 aliphatic carbocycles. The van der Waals surface area contributed by atoms with E-state index in [0.29, 0.717) is 17.4 Å². The molecule has 3 fully saturated rings. The zero-order chi connectivity index (χ0) is 26.9. The number of rotatable bonds is 7. The number of nitrogens with one attached hydrogen (secondary N) is 1. The molecule has 0 spiro atoms. The molecule has 9 heteroatoms. The van der Waals surface area contributed by atoms with E-state index in [0.717, 1.165) is 56.1 Å². The van der Waals surface area contributed by atoms with Crippen LogP contribution >= 0.6 is 0 Å². The minimum absolute atomic E-state index is 0.0221. The van der Waals surface area contributed by atoms with Gasteiger partial charge in [0.1, 0.15) is 6.33 Å².